The first kappa shape index (κ1) is 20.0. The van der Waals surface area contributed by atoms with Crippen LogP contribution < -0.4 is 4.74 Å². The lowest BCUT2D eigenvalue weighted by Gasteiger charge is -2.10. The third-order valence-corrected chi connectivity index (χ3v) is 4.85. The van der Waals surface area contributed by atoms with Gasteiger partial charge in [0, 0.05) is 23.2 Å². The van der Waals surface area contributed by atoms with Gasteiger partial charge in [-0.15, -0.1) is 10.2 Å². The van der Waals surface area contributed by atoms with E-state index in [1.165, 1.54) is 0 Å². The molecule has 1 N–H and O–H groups in total. The molecule has 0 spiro atoms. The number of hydrogen-bond acceptors (Lipinski definition) is 7. The lowest BCUT2D eigenvalue weighted by molar-refractivity contribution is 0.281. The van der Waals surface area contributed by atoms with Gasteiger partial charge < -0.3 is 9.64 Å². The standard InChI is InChI=1S/C21H26N8O/c1-14-12-15(2)22-21-19(14)20(25-29(21)13-18-23-26-27-24-18)16-6-8-17(9-7-16)30-11-5-10-28(3)4/h6-9,12H,5,10-11,13H2,1-4H3,(H,23,24,26,27). The van der Waals surface area contributed by atoms with E-state index in [2.05, 4.69) is 52.6 Å². The zero-order chi connectivity index (χ0) is 21.1. The Morgan fingerprint density at radius 3 is 2.63 bits per heavy atom. The van der Waals surface area contributed by atoms with Crippen molar-refractivity contribution in [1.82, 2.24) is 40.3 Å². The van der Waals surface area contributed by atoms with Gasteiger partial charge in [0.2, 0.25) is 0 Å². The van der Waals surface area contributed by atoms with E-state index in [4.69, 9.17) is 14.8 Å². The molecule has 0 saturated carbocycles. The van der Waals surface area contributed by atoms with Gasteiger partial charge in [-0.3, -0.25) is 0 Å². The average molecular weight is 406 g/mol. The van der Waals surface area contributed by atoms with Crippen LogP contribution in [0.15, 0.2) is 30.3 Å². The minimum Gasteiger partial charge on any atom is -0.494 e. The summed E-state index contributed by atoms with van der Waals surface area (Å²) in [6, 6.07) is 10.1. The molecule has 4 aromatic rings. The van der Waals surface area contributed by atoms with Crippen molar-refractivity contribution in [3.05, 3.63) is 47.4 Å². The molecule has 4 rings (SSSR count). The molecule has 1 aromatic carbocycles. The molecule has 0 atom stereocenters. The predicted octanol–water partition coefficient (Wildman–Crippen LogP) is 2.61. The molecule has 30 heavy (non-hydrogen) atoms. The first-order valence-electron chi connectivity index (χ1n) is 9.96. The van der Waals surface area contributed by atoms with Gasteiger partial charge in [-0.05, 0) is 70.3 Å². The summed E-state index contributed by atoms with van der Waals surface area (Å²) in [6.45, 7) is 6.18. The molecule has 0 amide bonds. The second kappa shape index (κ2) is 8.58. The van der Waals surface area contributed by atoms with Crippen LogP contribution in [0.5, 0.6) is 5.75 Å². The van der Waals surface area contributed by atoms with Gasteiger partial charge >= 0.3 is 0 Å². The van der Waals surface area contributed by atoms with Gasteiger partial charge in [0.05, 0.1) is 6.61 Å². The number of aryl methyl sites for hydroxylation is 2. The van der Waals surface area contributed by atoms with Crippen molar-refractivity contribution in [2.75, 3.05) is 27.2 Å². The molecule has 0 radical (unpaired) electrons. The number of aromatic amines is 1. The smallest absolute Gasteiger partial charge is 0.196 e. The number of aromatic nitrogens is 7. The van der Waals surface area contributed by atoms with Crippen LogP contribution in [-0.2, 0) is 6.54 Å². The number of tetrazole rings is 1. The minimum atomic E-state index is 0.399. The predicted molar refractivity (Wildman–Crippen MR) is 114 cm³/mol. The number of nitrogens with zero attached hydrogens (tertiary/aromatic N) is 7. The van der Waals surface area contributed by atoms with E-state index in [0.29, 0.717) is 19.0 Å². The quantitative estimate of drug-likeness (QED) is 0.449. The molecular weight excluding hydrogens is 380 g/mol. The summed E-state index contributed by atoms with van der Waals surface area (Å²) in [5, 5.41) is 20.1. The van der Waals surface area contributed by atoms with Crippen molar-refractivity contribution in [2.45, 2.75) is 26.8 Å². The van der Waals surface area contributed by atoms with Crippen molar-refractivity contribution >= 4 is 11.0 Å². The number of fused-ring (bicyclic) bond motifs is 1. The highest BCUT2D eigenvalue weighted by molar-refractivity contribution is 5.94. The van der Waals surface area contributed by atoms with E-state index < -0.39 is 0 Å². The van der Waals surface area contributed by atoms with Crippen LogP contribution >= 0.6 is 0 Å². The molecule has 0 aliphatic carbocycles. The fraction of sp³-hybridized carbons (Fsp3) is 0.381. The molecule has 0 aliphatic heterocycles. The molecule has 9 heteroatoms. The van der Waals surface area contributed by atoms with Crippen molar-refractivity contribution in [3.63, 3.8) is 0 Å². The van der Waals surface area contributed by atoms with Gasteiger partial charge in [-0.2, -0.15) is 10.3 Å². The first-order valence-corrected chi connectivity index (χ1v) is 9.96. The highest BCUT2D eigenvalue weighted by Crippen LogP contribution is 2.31. The van der Waals surface area contributed by atoms with Crippen LogP contribution in [0.1, 0.15) is 23.5 Å². The SMILES string of the molecule is Cc1cc(C)c2c(-c3ccc(OCCCN(C)C)cc3)nn(Cc3nn[nH]n3)c2n1. The normalized spacial score (nSPS) is 11.5. The van der Waals surface area contributed by atoms with E-state index in [1.54, 1.807) is 0 Å². The molecule has 156 valence electrons. The minimum absolute atomic E-state index is 0.399. The third-order valence-electron chi connectivity index (χ3n) is 4.85. The number of ether oxygens (including phenoxy) is 1. The van der Waals surface area contributed by atoms with Gasteiger partial charge in [0.15, 0.2) is 11.5 Å². The Hall–Kier alpha value is -3.33. The number of pyridine rings is 1. The Labute approximate surface area is 175 Å². The Morgan fingerprint density at radius 2 is 1.93 bits per heavy atom. The van der Waals surface area contributed by atoms with Crippen LogP contribution in [0.2, 0.25) is 0 Å². The Kier molecular flexibility index (Phi) is 5.71. The zero-order valence-electron chi connectivity index (χ0n) is 17.8. The van der Waals surface area contributed by atoms with Crippen LogP contribution in [0.25, 0.3) is 22.3 Å². The third kappa shape index (κ3) is 4.30. The topological polar surface area (TPSA) is 97.6 Å². The van der Waals surface area contributed by atoms with Crippen molar-refractivity contribution in [1.29, 1.82) is 0 Å². The largest absolute Gasteiger partial charge is 0.494 e. The maximum atomic E-state index is 5.86. The van der Waals surface area contributed by atoms with E-state index in [1.807, 2.05) is 35.9 Å². The monoisotopic (exact) mass is 406 g/mol. The fourth-order valence-corrected chi connectivity index (χ4v) is 3.49. The zero-order valence-corrected chi connectivity index (χ0v) is 17.8. The van der Waals surface area contributed by atoms with Gasteiger partial charge in [0.25, 0.3) is 0 Å². The lowest BCUT2D eigenvalue weighted by atomic mass is 10.1. The summed E-state index contributed by atoms with van der Waals surface area (Å²) in [6.07, 6.45) is 0.990. The second-order valence-corrected chi connectivity index (χ2v) is 7.64. The van der Waals surface area contributed by atoms with E-state index in [0.717, 1.165) is 52.3 Å². The summed E-state index contributed by atoms with van der Waals surface area (Å²) in [5.74, 6) is 1.42. The summed E-state index contributed by atoms with van der Waals surface area (Å²) >= 11 is 0. The van der Waals surface area contributed by atoms with E-state index in [-0.39, 0.29) is 0 Å². The van der Waals surface area contributed by atoms with Gasteiger partial charge in [-0.1, -0.05) is 5.21 Å². The molecule has 0 unspecified atom stereocenters. The fourth-order valence-electron chi connectivity index (χ4n) is 3.49. The lowest BCUT2D eigenvalue weighted by Crippen LogP contribution is -2.15. The number of rotatable bonds is 8. The maximum absolute atomic E-state index is 5.86. The molecular formula is C21H26N8O. The average Bonchev–Trinajstić information content (AvgIpc) is 3.34. The molecule has 3 aromatic heterocycles. The van der Waals surface area contributed by atoms with Gasteiger partial charge in [0.1, 0.15) is 18.0 Å². The van der Waals surface area contributed by atoms with Crippen LogP contribution in [0.4, 0.5) is 0 Å². The summed E-state index contributed by atoms with van der Waals surface area (Å²) in [5.41, 5.74) is 4.80. The van der Waals surface area contributed by atoms with Gasteiger partial charge in [-0.25, -0.2) is 9.67 Å². The Bertz CT molecular complexity index is 1120. The molecule has 3 heterocycles. The number of nitrogens with one attached hydrogen (secondary N) is 1. The number of H-pyrrole nitrogens is 1. The molecule has 0 saturated heterocycles. The Morgan fingerprint density at radius 1 is 1.13 bits per heavy atom. The van der Waals surface area contributed by atoms with Crippen LogP contribution in [-0.4, -0.2) is 67.5 Å². The van der Waals surface area contributed by atoms with E-state index >= 15 is 0 Å². The van der Waals surface area contributed by atoms with Crippen molar-refractivity contribution in [3.8, 4) is 17.0 Å². The van der Waals surface area contributed by atoms with Crippen LogP contribution in [0, 0.1) is 13.8 Å². The first-order chi connectivity index (χ1) is 14.5. The molecule has 0 fully saturated rings. The highest BCUT2D eigenvalue weighted by Gasteiger charge is 2.17. The summed E-state index contributed by atoms with van der Waals surface area (Å²) < 4.78 is 7.69. The molecule has 0 aliphatic rings. The molecule has 0 bridgehead atoms. The number of benzene rings is 1. The van der Waals surface area contributed by atoms with Crippen LogP contribution in [0.3, 0.4) is 0 Å². The van der Waals surface area contributed by atoms with Crippen molar-refractivity contribution in [2.24, 2.45) is 0 Å². The molecule has 9 nitrogen and oxygen atoms in total. The van der Waals surface area contributed by atoms with Crippen molar-refractivity contribution < 1.29 is 4.74 Å². The highest BCUT2D eigenvalue weighted by atomic mass is 16.5. The summed E-state index contributed by atoms with van der Waals surface area (Å²) in [7, 11) is 4.13. The summed E-state index contributed by atoms with van der Waals surface area (Å²) in [4.78, 5) is 6.88. The number of hydrogen-bond donors (Lipinski definition) is 1. The second-order valence-electron chi connectivity index (χ2n) is 7.64. The maximum Gasteiger partial charge on any atom is 0.196 e. The Balaban J connectivity index is 1.63. The van der Waals surface area contributed by atoms with E-state index in [9.17, 15) is 0 Å².